The minimum Gasteiger partial charge on any atom is -0.396 e. The minimum atomic E-state index is -0.158. The zero-order chi connectivity index (χ0) is 14.5. The third kappa shape index (κ3) is 4.27. The number of aliphatic hydroxyl groups is 1. The summed E-state index contributed by atoms with van der Waals surface area (Å²) in [5.74, 6) is 0. The molecule has 1 saturated carbocycles. The van der Waals surface area contributed by atoms with Crippen LogP contribution in [0.25, 0.3) is 0 Å². The zero-order valence-electron chi connectivity index (χ0n) is 11.1. The van der Waals surface area contributed by atoms with E-state index in [9.17, 15) is 4.79 Å². The Bertz CT molecular complexity index is 478. The quantitative estimate of drug-likeness (QED) is 0.785. The van der Waals surface area contributed by atoms with Crippen molar-refractivity contribution in [2.75, 3.05) is 18.5 Å². The number of hydrogen-bond acceptors (Lipinski definition) is 2. The predicted molar refractivity (Wildman–Crippen MR) is 81.5 cm³/mol. The number of nitrogens with one attached hydrogen (secondary N) is 1. The first-order valence-corrected chi connectivity index (χ1v) is 7.51. The van der Waals surface area contributed by atoms with Crippen molar-refractivity contribution in [1.29, 1.82) is 0 Å². The summed E-state index contributed by atoms with van der Waals surface area (Å²) < 4.78 is 0. The van der Waals surface area contributed by atoms with E-state index in [2.05, 4.69) is 5.32 Å². The van der Waals surface area contributed by atoms with Crippen molar-refractivity contribution < 1.29 is 9.90 Å². The third-order valence-corrected chi connectivity index (χ3v) is 3.79. The van der Waals surface area contributed by atoms with E-state index in [-0.39, 0.29) is 12.6 Å². The topological polar surface area (TPSA) is 52.6 Å². The van der Waals surface area contributed by atoms with Crippen LogP contribution in [-0.2, 0) is 0 Å². The maximum atomic E-state index is 12.3. The smallest absolute Gasteiger partial charge is 0.322 e. The van der Waals surface area contributed by atoms with Gasteiger partial charge in [0.2, 0.25) is 0 Å². The lowest BCUT2D eigenvalue weighted by Crippen LogP contribution is -2.37. The molecule has 110 valence electrons. The molecular weight excluding hydrogens is 299 g/mol. The Kier molecular flexibility index (Phi) is 5.52. The highest BCUT2D eigenvalue weighted by molar-refractivity contribution is 6.35. The molecule has 2 rings (SSSR count). The van der Waals surface area contributed by atoms with Gasteiger partial charge in [0.05, 0.1) is 10.7 Å². The molecule has 0 heterocycles. The summed E-state index contributed by atoms with van der Waals surface area (Å²) in [5.41, 5.74) is 0.525. The maximum absolute atomic E-state index is 12.3. The summed E-state index contributed by atoms with van der Waals surface area (Å²) in [5, 5.41) is 12.6. The van der Waals surface area contributed by atoms with Crippen molar-refractivity contribution >= 4 is 34.9 Å². The number of benzene rings is 1. The first kappa shape index (κ1) is 15.4. The minimum absolute atomic E-state index is 0.153. The second kappa shape index (κ2) is 7.16. The van der Waals surface area contributed by atoms with Gasteiger partial charge >= 0.3 is 6.03 Å². The van der Waals surface area contributed by atoms with Gasteiger partial charge < -0.3 is 15.3 Å². The highest BCUT2D eigenvalue weighted by Crippen LogP contribution is 2.30. The van der Waals surface area contributed by atoms with Crippen LogP contribution >= 0.6 is 23.2 Å². The molecule has 0 spiro atoms. The molecule has 1 aromatic rings. The molecule has 0 aliphatic heterocycles. The molecule has 0 aromatic heterocycles. The first-order valence-electron chi connectivity index (χ1n) is 6.75. The lowest BCUT2D eigenvalue weighted by Gasteiger charge is -2.23. The standard InChI is InChI=1S/C14H18Cl2N2O2/c15-10-3-6-12(16)13(9-10)17-14(20)18(11-4-5-11)7-1-2-8-19/h3,6,9,11,19H,1-2,4-5,7-8H2,(H,17,20). The van der Waals surface area contributed by atoms with Gasteiger partial charge in [-0.15, -0.1) is 0 Å². The third-order valence-electron chi connectivity index (χ3n) is 3.23. The SMILES string of the molecule is O=C(Nc1cc(Cl)ccc1Cl)N(CCCCO)C1CC1. The van der Waals surface area contributed by atoms with Crippen molar-refractivity contribution in [1.82, 2.24) is 4.90 Å². The van der Waals surface area contributed by atoms with E-state index in [4.69, 9.17) is 28.3 Å². The molecule has 0 unspecified atom stereocenters. The number of hydrogen-bond donors (Lipinski definition) is 2. The van der Waals surface area contributed by atoms with Crippen LogP contribution in [0, 0.1) is 0 Å². The lowest BCUT2D eigenvalue weighted by atomic mass is 10.3. The molecule has 0 radical (unpaired) electrons. The van der Waals surface area contributed by atoms with Crippen LogP contribution in [0.15, 0.2) is 18.2 Å². The van der Waals surface area contributed by atoms with E-state index < -0.39 is 0 Å². The molecule has 0 atom stereocenters. The van der Waals surface area contributed by atoms with Crippen LogP contribution in [0.1, 0.15) is 25.7 Å². The average molecular weight is 317 g/mol. The number of carbonyl (C=O) groups excluding carboxylic acids is 1. The molecule has 1 aliphatic carbocycles. The number of urea groups is 1. The second-order valence-electron chi connectivity index (χ2n) is 4.91. The Morgan fingerprint density at radius 3 is 2.75 bits per heavy atom. The van der Waals surface area contributed by atoms with Crippen LogP contribution in [0.2, 0.25) is 10.0 Å². The molecule has 1 fully saturated rings. The number of carbonyl (C=O) groups is 1. The summed E-state index contributed by atoms with van der Waals surface area (Å²) in [7, 11) is 0. The molecule has 0 saturated heterocycles. The molecular formula is C14H18Cl2N2O2. The van der Waals surface area contributed by atoms with Crippen LogP contribution < -0.4 is 5.32 Å². The Morgan fingerprint density at radius 2 is 2.10 bits per heavy atom. The summed E-state index contributed by atoms with van der Waals surface area (Å²) in [4.78, 5) is 14.1. The van der Waals surface area contributed by atoms with Crippen LogP contribution in [0.5, 0.6) is 0 Å². The Balaban J connectivity index is 1.98. The van der Waals surface area contributed by atoms with Gasteiger partial charge in [-0.2, -0.15) is 0 Å². The van der Waals surface area contributed by atoms with E-state index in [0.29, 0.717) is 34.7 Å². The van der Waals surface area contributed by atoms with Gasteiger partial charge in [0.25, 0.3) is 0 Å². The monoisotopic (exact) mass is 316 g/mol. The lowest BCUT2D eigenvalue weighted by molar-refractivity contribution is 0.204. The summed E-state index contributed by atoms with van der Waals surface area (Å²) >= 11 is 11.9. The highest BCUT2D eigenvalue weighted by atomic mass is 35.5. The van der Waals surface area contributed by atoms with Gasteiger partial charge in [0, 0.05) is 24.2 Å². The number of aliphatic hydroxyl groups excluding tert-OH is 1. The van der Waals surface area contributed by atoms with Gasteiger partial charge in [0.1, 0.15) is 0 Å². The van der Waals surface area contributed by atoms with Crippen LogP contribution in [-0.4, -0.2) is 35.2 Å². The van der Waals surface area contributed by atoms with Crippen molar-refractivity contribution in [3.63, 3.8) is 0 Å². The zero-order valence-corrected chi connectivity index (χ0v) is 12.6. The number of nitrogens with zero attached hydrogens (tertiary/aromatic N) is 1. The van der Waals surface area contributed by atoms with E-state index in [1.807, 2.05) is 4.90 Å². The molecule has 1 aliphatic rings. The van der Waals surface area contributed by atoms with Crippen molar-refractivity contribution in [2.24, 2.45) is 0 Å². The number of rotatable bonds is 6. The van der Waals surface area contributed by atoms with Crippen molar-refractivity contribution in [3.8, 4) is 0 Å². The largest absolute Gasteiger partial charge is 0.396 e. The van der Waals surface area contributed by atoms with Crippen molar-refractivity contribution in [3.05, 3.63) is 28.2 Å². The fourth-order valence-electron chi connectivity index (χ4n) is 2.01. The average Bonchev–Trinajstić information content (AvgIpc) is 3.23. The van der Waals surface area contributed by atoms with Gasteiger partial charge in [-0.25, -0.2) is 4.79 Å². The summed E-state index contributed by atoms with van der Waals surface area (Å²) in [6, 6.07) is 5.13. The molecule has 4 nitrogen and oxygen atoms in total. The molecule has 1 aromatic carbocycles. The Morgan fingerprint density at radius 1 is 1.35 bits per heavy atom. The number of amides is 2. The van der Waals surface area contributed by atoms with Crippen molar-refractivity contribution in [2.45, 2.75) is 31.7 Å². The van der Waals surface area contributed by atoms with E-state index >= 15 is 0 Å². The number of unbranched alkanes of at least 4 members (excludes halogenated alkanes) is 1. The molecule has 6 heteroatoms. The molecule has 2 amide bonds. The molecule has 2 N–H and O–H groups in total. The van der Waals surface area contributed by atoms with Gasteiger partial charge in [0.15, 0.2) is 0 Å². The molecule has 20 heavy (non-hydrogen) atoms. The fourth-order valence-corrected chi connectivity index (χ4v) is 2.35. The second-order valence-corrected chi connectivity index (χ2v) is 5.75. The normalized spacial score (nSPS) is 14.2. The Hall–Kier alpha value is -0.970. The fraction of sp³-hybridized carbons (Fsp3) is 0.500. The highest BCUT2D eigenvalue weighted by Gasteiger charge is 2.32. The van der Waals surface area contributed by atoms with E-state index in [1.54, 1.807) is 18.2 Å². The predicted octanol–water partition coefficient (Wildman–Crippen LogP) is 3.76. The van der Waals surface area contributed by atoms with E-state index in [0.717, 1.165) is 19.3 Å². The maximum Gasteiger partial charge on any atom is 0.322 e. The van der Waals surface area contributed by atoms with E-state index in [1.165, 1.54) is 0 Å². The van der Waals surface area contributed by atoms with Crippen LogP contribution in [0.4, 0.5) is 10.5 Å². The molecule has 0 bridgehead atoms. The number of anilines is 1. The Labute approximate surface area is 128 Å². The summed E-state index contributed by atoms with van der Waals surface area (Å²) in [6.07, 6.45) is 3.57. The van der Waals surface area contributed by atoms with Gasteiger partial charge in [-0.05, 0) is 43.9 Å². The van der Waals surface area contributed by atoms with Gasteiger partial charge in [-0.3, -0.25) is 0 Å². The summed E-state index contributed by atoms with van der Waals surface area (Å²) in [6.45, 7) is 0.801. The first-order chi connectivity index (χ1) is 9.61. The number of halogens is 2. The van der Waals surface area contributed by atoms with Crippen LogP contribution in [0.3, 0.4) is 0 Å². The van der Waals surface area contributed by atoms with Gasteiger partial charge in [-0.1, -0.05) is 23.2 Å².